The van der Waals surface area contributed by atoms with Crippen molar-refractivity contribution in [3.05, 3.63) is 86.8 Å². The Kier molecular flexibility index (Phi) is 4.62. The van der Waals surface area contributed by atoms with E-state index < -0.39 is 0 Å². The molecule has 5 heteroatoms. The van der Waals surface area contributed by atoms with Crippen LogP contribution in [0.15, 0.2) is 66.0 Å². The monoisotopic (exact) mass is 384 g/mol. The van der Waals surface area contributed by atoms with E-state index in [1.807, 2.05) is 42.5 Å². The summed E-state index contributed by atoms with van der Waals surface area (Å²) in [5, 5.41) is 3.37. The van der Waals surface area contributed by atoms with Gasteiger partial charge in [0.05, 0.1) is 16.4 Å². The first-order chi connectivity index (χ1) is 12.2. The first-order valence-corrected chi connectivity index (χ1v) is 9.46. The predicted octanol–water partition coefficient (Wildman–Crippen LogP) is 6.70. The van der Waals surface area contributed by atoms with Crippen molar-refractivity contribution in [2.24, 2.45) is 0 Å². The highest BCUT2D eigenvalue weighted by molar-refractivity contribution is 7.09. The van der Waals surface area contributed by atoms with Gasteiger partial charge in [0.2, 0.25) is 0 Å². The fourth-order valence-electron chi connectivity index (χ4n) is 2.77. The van der Waals surface area contributed by atoms with Gasteiger partial charge in [-0.3, -0.25) is 0 Å². The molecule has 0 aliphatic heterocycles. The van der Waals surface area contributed by atoms with Gasteiger partial charge in [-0.25, -0.2) is 4.98 Å². The van der Waals surface area contributed by atoms with E-state index in [1.54, 1.807) is 17.4 Å². The fraction of sp³-hybridized carbons (Fsp3) is 0.0500. The van der Waals surface area contributed by atoms with E-state index in [-0.39, 0.29) is 0 Å². The second-order valence-electron chi connectivity index (χ2n) is 5.65. The number of rotatable bonds is 4. The van der Waals surface area contributed by atoms with Crippen LogP contribution in [-0.4, -0.2) is 9.97 Å². The van der Waals surface area contributed by atoms with Crippen molar-refractivity contribution < 1.29 is 0 Å². The van der Waals surface area contributed by atoms with Crippen molar-refractivity contribution in [1.29, 1.82) is 0 Å². The van der Waals surface area contributed by atoms with E-state index in [2.05, 4.69) is 22.5 Å². The average Bonchev–Trinajstić information content (AvgIpc) is 3.28. The minimum absolute atomic E-state index is 0.646. The molecule has 0 saturated carbocycles. The van der Waals surface area contributed by atoms with Crippen molar-refractivity contribution in [2.75, 3.05) is 0 Å². The van der Waals surface area contributed by atoms with Crippen LogP contribution < -0.4 is 0 Å². The van der Waals surface area contributed by atoms with Crippen LogP contribution in [0.3, 0.4) is 0 Å². The number of aromatic amines is 1. The Bertz CT molecular complexity index is 992. The summed E-state index contributed by atoms with van der Waals surface area (Å²) in [5.74, 6) is 0.910. The smallest absolute Gasteiger partial charge is 0.112 e. The lowest BCUT2D eigenvalue weighted by Crippen LogP contribution is -1.87. The van der Waals surface area contributed by atoms with Gasteiger partial charge in [-0.05, 0) is 29.6 Å². The molecule has 0 radical (unpaired) electrons. The van der Waals surface area contributed by atoms with Crippen molar-refractivity contribution in [3.63, 3.8) is 0 Å². The summed E-state index contributed by atoms with van der Waals surface area (Å²) in [4.78, 5) is 9.57. The van der Waals surface area contributed by atoms with Crippen molar-refractivity contribution in [1.82, 2.24) is 9.97 Å². The van der Waals surface area contributed by atoms with Gasteiger partial charge in [0.1, 0.15) is 5.82 Å². The van der Waals surface area contributed by atoms with Gasteiger partial charge < -0.3 is 4.98 Å². The van der Waals surface area contributed by atoms with Gasteiger partial charge in [-0.15, -0.1) is 11.3 Å². The molecule has 0 fully saturated rings. The quantitative estimate of drug-likeness (QED) is 0.416. The van der Waals surface area contributed by atoms with Gasteiger partial charge in [0.25, 0.3) is 0 Å². The van der Waals surface area contributed by atoms with Gasteiger partial charge in [-0.1, -0.05) is 59.6 Å². The maximum atomic E-state index is 6.44. The minimum atomic E-state index is 0.646. The molecule has 1 N–H and O–H groups in total. The van der Waals surface area contributed by atoms with Gasteiger partial charge in [-0.2, -0.15) is 0 Å². The zero-order chi connectivity index (χ0) is 17.2. The number of H-pyrrole nitrogens is 1. The molecule has 2 aromatic heterocycles. The molecule has 2 aromatic carbocycles. The second-order valence-corrected chi connectivity index (χ2v) is 7.53. The molecule has 124 valence electrons. The SMILES string of the molecule is Clc1ccc(Cl)c(-c2[nH]c(Cc3cccs3)nc2-c2ccccc2)c1. The predicted molar refractivity (Wildman–Crippen MR) is 107 cm³/mol. The molecule has 25 heavy (non-hydrogen) atoms. The zero-order valence-corrected chi connectivity index (χ0v) is 15.5. The molecule has 0 bridgehead atoms. The number of benzene rings is 2. The molecule has 0 unspecified atom stereocenters. The first kappa shape index (κ1) is 16.4. The molecular formula is C20H14Cl2N2S. The van der Waals surface area contributed by atoms with Crippen LogP contribution in [0.2, 0.25) is 10.0 Å². The lowest BCUT2D eigenvalue weighted by Gasteiger charge is -2.06. The summed E-state index contributed by atoms with van der Waals surface area (Å²) in [5.41, 5.74) is 3.68. The third kappa shape index (κ3) is 3.49. The molecule has 4 aromatic rings. The topological polar surface area (TPSA) is 28.7 Å². The molecule has 2 heterocycles. The Morgan fingerprint density at radius 3 is 2.56 bits per heavy atom. The van der Waals surface area contributed by atoms with Crippen molar-refractivity contribution in [2.45, 2.75) is 6.42 Å². The average molecular weight is 385 g/mol. The van der Waals surface area contributed by atoms with E-state index in [0.29, 0.717) is 10.0 Å². The lowest BCUT2D eigenvalue weighted by atomic mass is 10.1. The normalized spacial score (nSPS) is 11.0. The third-order valence-corrected chi connectivity index (χ3v) is 5.36. The Labute approximate surface area is 160 Å². The highest BCUT2D eigenvalue weighted by Crippen LogP contribution is 2.36. The van der Waals surface area contributed by atoms with Gasteiger partial charge in [0, 0.05) is 27.4 Å². The molecule has 0 spiro atoms. The Balaban J connectivity index is 1.86. The lowest BCUT2D eigenvalue weighted by molar-refractivity contribution is 1.05. The van der Waals surface area contributed by atoms with E-state index in [1.165, 1.54) is 4.88 Å². The summed E-state index contributed by atoms with van der Waals surface area (Å²) in [7, 11) is 0. The van der Waals surface area contributed by atoms with Gasteiger partial charge >= 0.3 is 0 Å². The van der Waals surface area contributed by atoms with Gasteiger partial charge in [0.15, 0.2) is 0 Å². The Morgan fingerprint density at radius 2 is 1.80 bits per heavy atom. The first-order valence-electron chi connectivity index (χ1n) is 7.83. The number of halogens is 2. The molecule has 0 saturated heterocycles. The summed E-state index contributed by atoms with van der Waals surface area (Å²) in [6, 6.07) is 19.7. The fourth-order valence-corrected chi connectivity index (χ4v) is 3.87. The van der Waals surface area contributed by atoms with E-state index in [9.17, 15) is 0 Å². The number of hydrogen-bond donors (Lipinski definition) is 1. The second kappa shape index (κ2) is 7.04. The molecule has 0 aliphatic rings. The largest absolute Gasteiger partial charge is 0.341 e. The molecule has 0 amide bonds. The number of thiophene rings is 1. The summed E-state index contributed by atoms with van der Waals surface area (Å²) < 4.78 is 0. The number of nitrogens with zero attached hydrogens (tertiary/aromatic N) is 1. The van der Waals surface area contributed by atoms with Crippen LogP contribution in [0, 0.1) is 0 Å². The van der Waals surface area contributed by atoms with Crippen LogP contribution in [0.1, 0.15) is 10.7 Å². The number of hydrogen-bond acceptors (Lipinski definition) is 2. The maximum Gasteiger partial charge on any atom is 0.112 e. The van der Waals surface area contributed by atoms with Crippen molar-refractivity contribution >= 4 is 34.5 Å². The van der Waals surface area contributed by atoms with Crippen LogP contribution in [0.25, 0.3) is 22.5 Å². The summed E-state index contributed by atoms with van der Waals surface area (Å²) in [6.45, 7) is 0. The molecule has 0 aliphatic carbocycles. The van der Waals surface area contributed by atoms with E-state index in [4.69, 9.17) is 28.2 Å². The number of aromatic nitrogens is 2. The Hall–Kier alpha value is -2.07. The molecule has 0 atom stereocenters. The standard InChI is InChI=1S/C20H14Cl2N2S/c21-14-8-9-17(22)16(11-14)20-19(13-5-2-1-3-6-13)23-18(24-20)12-15-7-4-10-25-15/h1-11H,12H2,(H,23,24). The summed E-state index contributed by atoms with van der Waals surface area (Å²) in [6.07, 6.45) is 0.760. The zero-order valence-electron chi connectivity index (χ0n) is 13.2. The van der Waals surface area contributed by atoms with Crippen LogP contribution in [0.4, 0.5) is 0 Å². The highest BCUT2D eigenvalue weighted by atomic mass is 35.5. The molecular weight excluding hydrogens is 371 g/mol. The maximum absolute atomic E-state index is 6.44. The Morgan fingerprint density at radius 1 is 0.960 bits per heavy atom. The minimum Gasteiger partial charge on any atom is -0.341 e. The van der Waals surface area contributed by atoms with Crippen LogP contribution in [-0.2, 0) is 6.42 Å². The number of imidazole rings is 1. The number of nitrogens with one attached hydrogen (secondary N) is 1. The van der Waals surface area contributed by atoms with Crippen LogP contribution in [0.5, 0.6) is 0 Å². The van der Waals surface area contributed by atoms with E-state index in [0.717, 1.165) is 34.8 Å². The molecule has 4 rings (SSSR count). The molecule has 2 nitrogen and oxygen atoms in total. The summed E-state index contributed by atoms with van der Waals surface area (Å²) >= 11 is 14.4. The van der Waals surface area contributed by atoms with Crippen LogP contribution >= 0.6 is 34.5 Å². The third-order valence-electron chi connectivity index (χ3n) is 3.92. The highest BCUT2D eigenvalue weighted by Gasteiger charge is 2.17. The van der Waals surface area contributed by atoms with Crippen molar-refractivity contribution in [3.8, 4) is 22.5 Å². The van der Waals surface area contributed by atoms with E-state index >= 15 is 0 Å².